The maximum absolute atomic E-state index is 13.2. The summed E-state index contributed by atoms with van der Waals surface area (Å²) in [6, 6.07) is 5.94. The van der Waals surface area contributed by atoms with Gasteiger partial charge < -0.3 is 4.74 Å². The van der Waals surface area contributed by atoms with Crippen LogP contribution in [0.5, 0.6) is 5.75 Å². The molecule has 168 valence electrons. The van der Waals surface area contributed by atoms with Gasteiger partial charge in [0.05, 0.1) is 0 Å². The summed E-state index contributed by atoms with van der Waals surface area (Å²) in [5.41, 5.74) is 2.26. The maximum Gasteiger partial charge on any atom is 0.425 e. The number of alkyl halides is 3. The fraction of sp³-hybridized carbons (Fsp3) is 0.769. The molecule has 2 atom stereocenters. The van der Waals surface area contributed by atoms with Crippen molar-refractivity contribution < 1.29 is 17.9 Å². The number of ether oxygens (including phenoxy) is 1. The first-order chi connectivity index (χ1) is 14.3. The van der Waals surface area contributed by atoms with E-state index >= 15 is 0 Å². The lowest BCUT2D eigenvalue weighted by Gasteiger charge is -2.38. The van der Waals surface area contributed by atoms with E-state index in [9.17, 15) is 13.2 Å². The number of benzene rings is 1. The average Bonchev–Trinajstić information content (AvgIpc) is 2.73. The van der Waals surface area contributed by atoms with Gasteiger partial charge in [-0.15, -0.1) is 0 Å². The second kappa shape index (κ2) is 9.12. The standard InChI is InChI=1S/C26H37F3O/c1-3-4-18-5-7-19(8-6-18)20-9-11-21(12-10-20)22-13-14-24-23(16-22)15-17(2)25(30-24)26(27,28)29/h13-14,16-21,25H,3-12,15H2,1-2H3. The summed E-state index contributed by atoms with van der Waals surface area (Å²) in [7, 11) is 0. The zero-order chi connectivity index (χ0) is 21.3. The lowest BCUT2D eigenvalue weighted by atomic mass is 9.68. The summed E-state index contributed by atoms with van der Waals surface area (Å²) >= 11 is 0. The lowest BCUT2D eigenvalue weighted by molar-refractivity contribution is -0.211. The van der Waals surface area contributed by atoms with Gasteiger partial charge in [0, 0.05) is 5.92 Å². The van der Waals surface area contributed by atoms with Gasteiger partial charge in [-0.25, -0.2) is 0 Å². The topological polar surface area (TPSA) is 9.23 Å². The molecule has 0 radical (unpaired) electrons. The summed E-state index contributed by atoms with van der Waals surface area (Å²) in [5, 5.41) is 0. The molecule has 1 aromatic rings. The molecule has 4 rings (SSSR count). The van der Waals surface area contributed by atoms with Crippen molar-refractivity contribution in [3.8, 4) is 5.75 Å². The fourth-order valence-corrected chi connectivity index (χ4v) is 6.50. The molecule has 3 aliphatic rings. The Kier molecular flexibility index (Phi) is 6.70. The molecule has 0 amide bonds. The van der Waals surface area contributed by atoms with Crippen LogP contribution in [0.25, 0.3) is 0 Å². The van der Waals surface area contributed by atoms with Gasteiger partial charge in [-0.05, 0) is 85.8 Å². The molecule has 30 heavy (non-hydrogen) atoms. The number of halogens is 3. The average molecular weight is 423 g/mol. The highest BCUT2D eigenvalue weighted by Crippen LogP contribution is 2.46. The Bertz CT molecular complexity index is 697. The predicted molar refractivity (Wildman–Crippen MR) is 115 cm³/mol. The number of hydrogen-bond acceptors (Lipinski definition) is 1. The molecule has 2 saturated carbocycles. The molecule has 0 spiro atoms. The highest BCUT2D eigenvalue weighted by atomic mass is 19.4. The third kappa shape index (κ3) is 4.83. The van der Waals surface area contributed by atoms with E-state index in [-0.39, 0.29) is 0 Å². The highest BCUT2D eigenvalue weighted by molar-refractivity contribution is 5.41. The van der Waals surface area contributed by atoms with Gasteiger partial charge in [-0.2, -0.15) is 13.2 Å². The van der Waals surface area contributed by atoms with Gasteiger partial charge in [-0.1, -0.05) is 51.7 Å². The van der Waals surface area contributed by atoms with Gasteiger partial charge in [0.2, 0.25) is 0 Å². The largest absolute Gasteiger partial charge is 0.480 e. The third-order valence-electron chi connectivity index (χ3n) is 8.22. The molecular formula is C26H37F3O. The quantitative estimate of drug-likeness (QED) is 0.477. The molecule has 0 saturated heterocycles. The van der Waals surface area contributed by atoms with Crippen molar-refractivity contribution in [3.63, 3.8) is 0 Å². The van der Waals surface area contributed by atoms with Crippen LogP contribution in [0.4, 0.5) is 13.2 Å². The monoisotopic (exact) mass is 422 g/mol. The van der Waals surface area contributed by atoms with Crippen LogP contribution in [0.1, 0.15) is 95.1 Å². The smallest absolute Gasteiger partial charge is 0.425 e. The number of rotatable bonds is 4. The minimum Gasteiger partial charge on any atom is -0.480 e. The normalized spacial score (nSPS) is 34.8. The Hall–Kier alpha value is -1.19. The van der Waals surface area contributed by atoms with Crippen molar-refractivity contribution in [2.24, 2.45) is 23.7 Å². The first-order valence-electron chi connectivity index (χ1n) is 12.2. The van der Waals surface area contributed by atoms with Gasteiger partial charge in [-0.3, -0.25) is 0 Å². The van der Waals surface area contributed by atoms with E-state index in [1.807, 2.05) is 6.07 Å². The van der Waals surface area contributed by atoms with Gasteiger partial charge in [0.25, 0.3) is 0 Å². The first kappa shape index (κ1) is 22.0. The SMILES string of the molecule is CCCC1CCC(C2CCC(c3ccc4c(c3)CC(C)C(C(F)(F)F)O4)CC2)CC1. The summed E-state index contributed by atoms with van der Waals surface area (Å²) in [5.74, 6) is 3.23. The second-order valence-electron chi connectivity index (χ2n) is 10.3. The van der Waals surface area contributed by atoms with Crippen LogP contribution >= 0.6 is 0 Å². The van der Waals surface area contributed by atoms with Crippen LogP contribution < -0.4 is 4.74 Å². The Balaban J connectivity index is 1.33. The van der Waals surface area contributed by atoms with Gasteiger partial charge in [0.1, 0.15) is 5.75 Å². The van der Waals surface area contributed by atoms with Crippen LogP contribution in [0, 0.1) is 23.7 Å². The molecule has 1 nitrogen and oxygen atoms in total. The molecule has 0 aromatic heterocycles. The summed E-state index contributed by atoms with van der Waals surface area (Å²) in [6.45, 7) is 3.95. The minimum absolute atomic E-state index is 0.428. The van der Waals surface area contributed by atoms with E-state index in [0.29, 0.717) is 18.1 Å². The molecular weight excluding hydrogens is 385 g/mol. The molecule has 2 fully saturated rings. The zero-order valence-corrected chi connectivity index (χ0v) is 18.5. The summed E-state index contributed by atoms with van der Waals surface area (Å²) < 4.78 is 44.9. The van der Waals surface area contributed by atoms with Crippen molar-refractivity contribution in [2.45, 2.75) is 103 Å². The fourth-order valence-electron chi connectivity index (χ4n) is 6.50. The van der Waals surface area contributed by atoms with Crippen LogP contribution in [0.15, 0.2) is 18.2 Å². The van der Waals surface area contributed by atoms with Crippen LogP contribution in [-0.4, -0.2) is 12.3 Å². The van der Waals surface area contributed by atoms with Crippen LogP contribution in [0.3, 0.4) is 0 Å². The Morgan fingerprint density at radius 2 is 1.57 bits per heavy atom. The number of hydrogen-bond donors (Lipinski definition) is 0. The van der Waals surface area contributed by atoms with Crippen LogP contribution in [0.2, 0.25) is 0 Å². The van der Waals surface area contributed by atoms with E-state index in [4.69, 9.17) is 4.74 Å². The van der Waals surface area contributed by atoms with Crippen molar-refractivity contribution in [2.75, 3.05) is 0 Å². The Labute approximate surface area is 179 Å². The maximum atomic E-state index is 13.2. The van der Waals surface area contributed by atoms with Crippen LogP contribution in [-0.2, 0) is 6.42 Å². The molecule has 1 aromatic carbocycles. The van der Waals surface area contributed by atoms with E-state index < -0.39 is 18.2 Å². The molecule has 0 N–H and O–H groups in total. The molecule has 1 aliphatic heterocycles. The van der Waals surface area contributed by atoms with Crippen molar-refractivity contribution in [1.29, 1.82) is 0 Å². The van der Waals surface area contributed by atoms with E-state index in [1.165, 1.54) is 69.8 Å². The molecule has 2 unspecified atom stereocenters. The predicted octanol–water partition coefficient (Wildman–Crippen LogP) is 8.07. The molecule has 2 aliphatic carbocycles. The third-order valence-corrected chi connectivity index (χ3v) is 8.22. The summed E-state index contributed by atoms with van der Waals surface area (Å²) in [6.07, 6.45) is 7.98. The van der Waals surface area contributed by atoms with E-state index in [1.54, 1.807) is 13.0 Å². The highest BCUT2D eigenvalue weighted by Gasteiger charge is 2.47. The molecule has 4 heteroatoms. The van der Waals surface area contributed by atoms with Crippen molar-refractivity contribution in [1.82, 2.24) is 0 Å². The zero-order valence-electron chi connectivity index (χ0n) is 18.5. The summed E-state index contributed by atoms with van der Waals surface area (Å²) in [4.78, 5) is 0. The minimum atomic E-state index is -4.30. The van der Waals surface area contributed by atoms with Gasteiger partial charge >= 0.3 is 6.18 Å². The van der Waals surface area contributed by atoms with Crippen molar-refractivity contribution in [3.05, 3.63) is 29.3 Å². The molecule has 1 heterocycles. The van der Waals surface area contributed by atoms with E-state index in [0.717, 1.165) is 23.3 Å². The Morgan fingerprint density at radius 1 is 0.933 bits per heavy atom. The van der Waals surface area contributed by atoms with Gasteiger partial charge in [0.15, 0.2) is 6.10 Å². The first-order valence-corrected chi connectivity index (χ1v) is 12.2. The van der Waals surface area contributed by atoms with E-state index in [2.05, 4.69) is 13.0 Å². The van der Waals surface area contributed by atoms with Crippen molar-refractivity contribution >= 4 is 0 Å². The second-order valence-corrected chi connectivity index (χ2v) is 10.3. The lowest BCUT2D eigenvalue weighted by Crippen LogP contribution is -2.43. The molecule has 0 bridgehead atoms. The number of fused-ring (bicyclic) bond motifs is 1. The Morgan fingerprint density at radius 3 is 2.17 bits per heavy atom.